The van der Waals surface area contributed by atoms with Gasteiger partial charge in [0.15, 0.2) is 5.78 Å². The highest BCUT2D eigenvalue weighted by molar-refractivity contribution is 7.19. The van der Waals surface area contributed by atoms with Crippen LogP contribution in [-0.4, -0.2) is 24.9 Å². The Morgan fingerprint density at radius 3 is 2.68 bits per heavy atom. The lowest BCUT2D eigenvalue weighted by atomic mass is 10.2. The summed E-state index contributed by atoms with van der Waals surface area (Å²) in [5, 5.41) is 3.95. The minimum atomic E-state index is -0.502. The molecule has 2 unspecified atom stereocenters. The maximum atomic E-state index is 11.8. The van der Waals surface area contributed by atoms with Gasteiger partial charge in [0, 0.05) is 13.0 Å². The Kier molecular flexibility index (Phi) is 3.80. The predicted octanol–water partition coefficient (Wildman–Crippen LogP) is 2.53. The number of methoxy groups -OCH3 is 1. The Bertz CT molecular complexity index is 524. The highest BCUT2D eigenvalue weighted by Crippen LogP contribution is 2.42. The molecular weight excluding hydrogens is 264 g/mol. The van der Waals surface area contributed by atoms with Crippen LogP contribution in [0.1, 0.15) is 46.7 Å². The minimum absolute atomic E-state index is 0.136. The van der Waals surface area contributed by atoms with Gasteiger partial charge in [-0.05, 0) is 12.3 Å². The summed E-state index contributed by atoms with van der Waals surface area (Å²) in [6.45, 7) is 3.58. The first-order chi connectivity index (χ1) is 8.99. The van der Waals surface area contributed by atoms with Gasteiger partial charge >= 0.3 is 5.97 Å². The largest absolute Gasteiger partial charge is 0.465 e. The van der Waals surface area contributed by atoms with E-state index in [0.717, 1.165) is 12.8 Å². The Balaban J connectivity index is 2.32. The third kappa shape index (κ3) is 2.58. The van der Waals surface area contributed by atoms with E-state index in [1.54, 1.807) is 0 Å². The van der Waals surface area contributed by atoms with E-state index in [9.17, 15) is 9.59 Å². The molecule has 2 rings (SSSR count). The molecule has 1 heterocycles. The van der Waals surface area contributed by atoms with Gasteiger partial charge < -0.3 is 15.8 Å². The number of rotatable bonds is 5. The van der Waals surface area contributed by atoms with Gasteiger partial charge in [0.2, 0.25) is 0 Å². The lowest BCUT2D eigenvalue weighted by Gasteiger charge is -2.05. The lowest BCUT2D eigenvalue weighted by Crippen LogP contribution is -2.10. The molecule has 5 nitrogen and oxygen atoms in total. The average Bonchev–Trinajstić information content (AvgIpc) is 3.04. The van der Waals surface area contributed by atoms with Crippen LogP contribution in [0.25, 0.3) is 0 Å². The van der Waals surface area contributed by atoms with Crippen LogP contribution in [0, 0.1) is 5.92 Å². The molecule has 0 spiro atoms. The summed E-state index contributed by atoms with van der Waals surface area (Å²) in [7, 11) is 1.31. The monoisotopic (exact) mass is 282 g/mol. The standard InChI is InChI=1S/C13H18N2O3S/c1-4-7-5-8(7)15-12-9(13(17)18-3)10(14)11(19-12)6(2)16/h7-8,15H,4-5,14H2,1-3H3. The van der Waals surface area contributed by atoms with Gasteiger partial charge in [0.05, 0.1) is 17.7 Å². The van der Waals surface area contributed by atoms with Crippen LogP contribution in [0.5, 0.6) is 0 Å². The number of hydrogen-bond acceptors (Lipinski definition) is 6. The number of ketones is 1. The number of carbonyl (C=O) groups is 2. The fourth-order valence-electron chi connectivity index (χ4n) is 2.16. The van der Waals surface area contributed by atoms with Gasteiger partial charge in [-0.25, -0.2) is 4.79 Å². The fourth-order valence-corrected chi connectivity index (χ4v) is 3.22. The molecule has 2 atom stereocenters. The van der Waals surface area contributed by atoms with Crippen molar-refractivity contribution < 1.29 is 14.3 Å². The van der Waals surface area contributed by atoms with Crippen molar-refractivity contribution in [2.75, 3.05) is 18.2 Å². The molecule has 0 radical (unpaired) electrons. The van der Waals surface area contributed by atoms with E-state index in [4.69, 9.17) is 10.5 Å². The number of esters is 1. The number of ether oxygens (including phenoxy) is 1. The molecule has 1 aliphatic rings. The van der Waals surface area contributed by atoms with Crippen molar-refractivity contribution in [1.29, 1.82) is 0 Å². The quantitative estimate of drug-likeness (QED) is 0.640. The molecule has 1 aromatic heterocycles. The van der Waals surface area contributed by atoms with E-state index < -0.39 is 5.97 Å². The summed E-state index contributed by atoms with van der Waals surface area (Å²) in [5.74, 6) is -0.00408. The van der Waals surface area contributed by atoms with Gasteiger partial charge in [-0.2, -0.15) is 0 Å². The van der Waals surface area contributed by atoms with Gasteiger partial charge in [-0.1, -0.05) is 13.3 Å². The number of nitrogens with two attached hydrogens (primary N) is 1. The zero-order valence-electron chi connectivity index (χ0n) is 11.3. The van der Waals surface area contributed by atoms with Crippen molar-refractivity contribution in [3.63, 3.8) is 0 Å². The van der Waals surface area contributed by atoms with Crippen LogP contribution >= 0.6 is 11.3 Å². The van der Waals surface area contributed by atoms with Crippen molar-refractivity contribution in [2.45, 2.75) is 32.7 Å². The third-order valence-electron chi connectivity index (χ3n) is 3.42. The predicted molar refractivity (Wildman–Crippen MR) is 75.9 cm³/mol. The highest BCUT2D eigenvalue weighted by Gasteiger charge is 2.37. The van der Waals surface area contributed by atoms with Gasteiger partial charge in [0.25, 0.3) is 0 Å². The van der Waals surface area contributed by atoms with Crippen LogP contribution in [0.4, 0.5) is 10.7 Å². The second kappa shape index (κ2) is 5.21. The summed E-state index contributed by atoms with van der Waals surface area (Å²) in [6.07, 6.45) is 2.19. The molecule has 1 aliphatic carbocycles. The zero-order chi connectivity index (χ0) is 14.2. The average molecular weight is 282 g/mol. The van der Waals surface area contributed by atoms with Crippen LogP contribution in [0.3, 0.4) is 0 Å². The Labute approximate surface area is 116 Å². The van der Waals surface area contributed by atoms with E-state index in [1.807, 2.05) is 0 Å². The SMILES string of the molecule is CCC1CC1Nc1sc(C(C)=O)c(N)c1C(=O)OC. The van der Waals surface area contributed by atoms with E-state index in [1.165, 1.54) is 25.4 Å². The molecule has 6 heteroatoms. The number of Topliss-reactive ketones (excluding diaryl/α,β-unsaturated/α-hetero) is 1. The lowest BCUT2D eigenvalue weighted by molar-refractivity contribution is 0.0603. The molecule has 0 saturated heterocycles. The second-order valence-electron chi connectivity index (χ2n) is 4.75. The van der Waals surface area contributed by atoms with Crippen molar-refractivity contribution in [2.24, 2.45) is 5.92 Å². The Morgan fingerprint density at radius 2 is 2.21 bits per heavy atom. The number of anilines is 2. The maximum Gasteiger partial charge on any atom is 0.343 e. The third-order valence-corrected chi connectivity index (χ3v) is 4.66. The van der Waals surface area contributed by atoms with E-state index >= 15 is 0 Å². The van der Waals surface area contributed by atoms with Crippen molar-refractivity contribution >= 4 is 33.8 Å². The van der Waals surface area contributed by atoms with Crippen molar-refractivity contribution in [1.82, 2.24) is 0 Å². The molecule has 0 amide bonds. The number of carbonyl (C=O) groups excluding carboxylic acids is 2. The second-order valence-corrected chi connectivity index (χ2v) is 5.77. The van der Waals surface area contributed by atoms with Crippen LogP contribution in [-0.2, 0) is 4.74 Å². The topological polar surface area (TPSA) is 81.4 Å². The van der Waals surface area contributed by atoms with Crippen LogP contribution in [0.2, 0.25) is 0 Å². The number of hydrogen-bond donors (Lipinski definition) is 2. The normalized spacial score (nSPS) is 21.0. The molecule has 0 aliphatic heterocycles. The summed E-state index contributed by atoms with van der Waals surface area (Å²) in [6, 6.07) is 0.367. The maximum absolute atomic E-state index is 11.8. The van der Waals surface area contributed by atoms with E-state index in [0.29, 0.717) is 27.4 Å². The highest BCUT2D eigenvalue weighted by atomic mass is 32.1. The summed E-state index contributed by atoms with van der Waals surface area (Å²) in [5.41, 5.74) is 6.41. The van der Waals surface area contributed by atoms with Gasteiger partial charge in [-0.15, -0.1) is 11.3 Å². The Hall–Kier alpha value is -1.56. The fraction of sp³-hybridized carbons (Fsp3) is 0.538. The van der Waals surface area contributed by atoms with Gasteiger partial charge in [0.1, 0.15) is 10.6 Å². The first-order valence-corrected chi connectivity index (χ1v) is 7.09. The molecule has 1 saturated carbocycles. The molecule has 0 aromatic carbocycles. The number of nitrogens with one attached hydrogen (secondary N) is 1. The summed E-state index contributed by atoms with van der Waals surface area (Å²) >= 11 is 1.23. The zero-order valence-corrected chi connectivity index (χ0v) is 12.1. The minimum Gasteiger partial charge on any atom is -0.465 e. The van der Waals surface area contributed by atoms with Crippen LogP contribution in [0.15, 0.2) is 0 Å². The molecular formula is C13H18N2O3S. The smallest absolute Gasteiger partial charge is 0.343 e. The molecule has 0 bridgehead atoms. The molecule has 3 N–H and O–H groups in total. The summed E-state index contributed by atoms with van der Waals surface area (Å²) < 4.78 is 4.74. The number of thiophene rings is 1. The molecule has 1 aromatic rings. The molecule has 1 fully saturated rings. The van der Waals surface area contributed by atoms with Crippen LogP contribution < -0.4 is 11.1 Å². The van der Waals surface area contributed by atoms with Gasteiger partial charge in [-0.3, -0.25) is 4.79 Å². The summed E-state index contributed by atoms with van der Waals surface area (Å²) in [4.78, 5) is 23.7. The number of nitrogen functional groups attached to an aromatic ring is 1. The molecule has 104 valence electrons. The first kappa shape index (κ1) is 13.9. The van der Waals surface area contributed by atoms with Crippen molar-refractivity contribution in [3.05, 3.63) is 10.4 Å². The first-order valence-electron chi connectivity index (χ1n) is 6.27. The van der Waals surface area contributed by atoms with Crippen molar-refractivity contribution in [3.8, 4) is 0 Å². The van der Waals surface area contributed by atoms with E-state index in [-0.39, 0.29) is 11.5 Å². The Morgan fingerprint density at radius 1 is 1.53 bits per heavy atom. The van der Waals surface area contributed by atoms with E-state index in [2.05, 4.69) is 12.2 Å². The molecule has 19 heavy (non-hydrogen) atoms.